The average molecular weight is 325 g/mol. The maximum Gasteiger partial charge on any atom is 0.241 e. The van der Waals surface area contributed by atoms with Crippen molar-refractivity contribution >= 4 is 10.0 Å². The van der Waals surface area contributed by atoms with Crippen molar-refractivity contribution in [1.82, 2.24) is 4.72 Å². The molecule has 0 bridgehead atoms. The van der Waals surface area contributed by atoms with Crippen LogP contribution in [-0.2, 0) is 14.8 Å². The van der Waals surface area contributed by atoms with Gasteiger partial charge in [-0.1, -0.05) is 24.6 Å². The predicted molar refractivity (Wildman–Crippen MR) is 84.3 cm³/mol. The Kier molecular flexibility index (Phi) is 5.13. The summed E-state index contributed by atoms with van der Waals surface area (Å²) in [6.45, 7) is 3.52. The molecule has 2 atom stereocenters. The Hall–Kier alpha value is -0.950. The minimum Gasteiger partial charge on any atom is -0.370 e. The number of morpholine rings is 1. The zero-order chi connectivity index (χ0) is 15.4. The Morgan fingerprint density at radius 2 is 1.73 bits per heavy atom. The molecule has 0 unspecified atom stereocenters. The van der Waals surface area contributed by atoms with Gasteiger partial charge >= 0.3 is 0 Å². The van der Waals surface area contributed by atoms with Crippen LogP contribution < -0.4 is 9.62 Å². The standard InChI is InChI=1S/C16H24N2O3S/c19-22(20,14-6-2-1-3-7-14)17-15-8-4-5-9-16(15)18-10-12-21-13-11-18/h1-3,6-7,15-17H,4-5,8-13H2/p+1/t15-,16-/m0/s1. The largest absolute Gasteiger partial charge is 0.370 e. The molecule has 3 rings (SSSR count). The molecule has 1 saturated carbocycles. The van der Waals surface area contributed by atoms with Crippen LogP contribution >= 0.6 is 0 Å². The third-order valence-corrected chi connectivity index (χ3v) is 6.29. The maximum absolute atomic E-state index is 12.6. The van der Waals surface area contributed by atoms with Crippen molar-refractivity contribution in [3.05, 3.63) is 30.3 Å². The molecule has 22 heavy (non-hydrogen) atoms. The van der Waals surface area contributed by atoms with Crippen molar-refractivity contribution in [3.63, 3.8) is 0 Å². The Labute approximate surface area is 132 Å². The van der Waals surface area contributed by atoms with Crippen LogP contribution in [0, 0.1) is 0 Å². The average Bonchev–Trinajstić information content (AvgIpc) is 2.57. The van der Waals surface area contributed by atoms with Crippen LogP contribution in [0.2, 0.25) is 0 Å². The summed E-state index contributed by atoms with van der Waals surface area (Å²) >= 11 is 0. The maximum atomic E-state index is 12.6. The zero-order valence-corrected chi connectivity index (χ0v) is 13.6. The van der Waals surface area contributed by atoms with E-state index in [1.54, 1.807) is 24.3 Å². The molecule has 2 N–H and O–H groups in total. The molecule has 0 radical (unpaired) electrons. The highest BCUT2D eigenvalue weighted by molar-refractivity contribution is 7.89. The fourth-order valence-corrected chi connectivity index (χ4v) is 4.96. The third-order valence-electron chi connectivity index (χ3n) is 4.79. The van der Waals surface area contributed by atoms with Gasteiger partial charge < -0.3 is 9.64 Å². The number of benzene rings is 1. The van der Waals surface area contributed by atoms with Gasteiger partial charge in [0.25, 0.3) is 0 Å². The number of hydrogen-bond acceptors (Lipinski definition) is 3. The molecule has 5 nitrogen and oxygen atoms in total. The molecule has 1 aliphatic carbocycles. The van der Waals surface area contributed by atoms with Gasteiger partial charge in [0, 0.05) is 6.42 Å². The Morgan fingerprint density at radius 1 is 1.05 bits per heavy atom. The molecule has 122 valence electrons. The monoisotopic (exact) mass is 325 g/mol. The lowest BCUT2D eigenvalue weighted by Crippen LogP contribution is -3.19. The highest BCUT2D eigenvalue weighted by Crippen LogP contribution is 2.19. The molecule has 1 heterocycles. The lowest BCUT2D eigenvalue weighted by atomic mass is 9.89. The van der Waals surface area contributed by atoms with E-state index in [9.17, 15) is 8.42 Å². The van der Waals surface area contributed by atoms with Crippen molar-refractivity contribution in [2.45, 2.75) is 42.7 Å². The minimum absolute atomic E-state index is 0.0343. The molecule has 0 amide bonds. The second-order valence-corrected chi connectivity index (χ2v) is 7.92. The number of quaternary nitrogens is 1. The van der Waals surface area contributed by atoms with Gasteiger partial charge in [0.05, 0.1) is 24.2 Å². The van der Waals surface area contributed by atoms with Gasteiger partial charge in [0.1, 0.15) is 19.1 Å². The van der Waals surface area contributed by atoms with E-state index in [0.29, 0.717) is 10.9 Å². The lowest BCUT2D eigenvalue weighted by Gasteiger charge is -2.38. The van der Waals surface area contributed by atoms with Crippen LogP contribution in [0.1, 0.15) is 25.7 Å². The molecule has 1 saturated heterocycles. The van der Waals surface area contributed by atoms with Gasteiger partial charge in [-0.2, -0.15) is 0 Å². The fraction of sp³-hybridized carbons (Fsp3) is 0.625. The van der Waals surface area contributed by atoms with Crippen molar-refractivity contribution < 1.29 is 18.1 Å². The number of ether oxygens (including phenoxy) is 1. The van der Waals surface area contributed by atoms with Crippen LogP contribution in [0.15, 0.2) is 35.2 Å². The lowest BCUT2D eigenvalue weighted by molar-refractivity contribution is -0.935. The molecule has 0 spiro atoms. The van der Waals surface area contributed by atoms with E-state index in [2.05, 4.69) is 4.72 Å². The minimum atomic E-state index is -3.43. The summed E-state index contributed by atoms with van der Waals surface area (Å²) in [4.78, 5) is 1.85. The summed E-state index contributed by atoms with van der Waals surface area (Å²) in [5.74, 6) is 0. The van der Waals surface area contributed by atoms with Crippen LogP contribution in [0.25, 0.3) is 0 Å². The molecular weight excluding hydrogens is 300 g/mol. The highest BCUT2D eigenvalue weighted by atomic mass is 32.2. The van der Waals surface area contributed by atoms with Crippen molar-refractivity contribution in [1.29, 1.82) is 0 Å². The van der Waals surface area contributed by atoms with Crippen LogP contribution in [0.5, 0.6) is 0 Å². The third kappa shape index (κ3) is 3.68. The van der Waals surface area contributed by atoms with Crippen molar-refractivity contribution in [2.75, 3.05) is 26.3 Å². The Bertz CT molecular complexity index is 570. The number of sulfonamides is 1. The predicted octanol–water partition coefficient (Wildman–Crippen LogP) is 0.191. The summed E-state index contributed by atoms with van der Waals surface area (Å²) in [6.07, 6.45) is 4.32. The Balaban J connectivity index is 1.73. The quantitative estimate of drug-likeness (QED) is 0.831. The molecule has 6 heteroatoms. The number of rotatable bonds is 4. The number of hydrogen-bond donors (Lipinski definition) is 2. The van der Waals surface area contributed by atoms with Crippen LogP contribution in [0.4, 0.5) is 0 Å². The molecule has 2 fully saturated rings. The second-order valence-electron chi connectivity index (χ2n) is 6.20. The molecule has 1 aromatic carbocycles. The molecular formula is C16H25N2O3S+. The first-order chi connectivity index (χ1) is 10.7. The molecule has 0 aromatic heterocycles. The van der Waals surface area contributed by atoms with Gasteiger partial charge in [-0.25, -0.2) is 13.1 Å². The zero-order valence-electron chi connectivity index (χ0n) is 12.8. The smallest absolute Gasteiger partial charge is 0.241 e. The van der Waals surface area contributed by atoms with Gasteiger partial charge in [0.15, 0.2) is 0 Å². The SMILES string of the molecule is O=S(=O)(N[C@H]1CCCC[C@@H]1[NH+]1CCOCC1)c1ccccc1. The van der Waals surface area contributed by atoms with E-state index < -0.39 is 10.0 Å². The van der Waals surface area contributed by atoms with E-state index in [1.165, 1.54) is 11.3 Å². The van der Waals surface area contributed by atoms with Gasteiger partial charge in [-0.15, -0.1) is 0 Å². The van der Waals surface area contributed by atoms with E-state index in [4.69, 9.17) is 4.74 Å². The Morgan fingerprint density at radius 3 is 2.45 bits per heavy atom. The van der Waals surface area contributed by atoms with Crippen LogP contribution in [-0.4, -0.2) is 46.8 Å². The first kappa shape index (κ1) is 15.9. The van der Waals surface area contributed by atoms with E-state index in [1.807, 2.05) is 6.07 Å². The number of nitrogens with one attached hydrogen (secondary N) is 2. The van der Waals surface area contributed by atoms with Gasteiger partial charge in [0.2, 0.25) is 10.0 Å². The fourth-order valence-electron chi connectivity index (χ4n) is 3.63. The molecule has 1 aromatic rings. The normalized spacial score (nSPS) is 27.6. The first-order valence-electron chi connectivity index (χ1n) is 8.16. The van der Waals surface area contributed by atoms with E-state index in [0.717, 1.165) is 45.6 Å². The van der Waals surface area contributed by atoms with Gasteiger partial charge in [-0.05, 0) is 25.0 Å². The van der Waals surface area contributed by atoms with E-state index in [-0.39, 0.29) is 6.04 Å². The van der Waals surface area contributed by atoms with E-state index >= 15 is 0 Å². The van der Waals surface area contributed by atoms with Crippen LogP contribution in [0.3, 0.4) is 0 Å². The molecule has 1 aliphatic heterocycles. The topological polar surface area (TPSA) is 59.8 Å². The summed E-state index contributed by atoms with van der Waals surface area (Å²) in [7, 11) is -3.43. The molecule has 2 aliphatic rings. The first-order valence-corrected chi connectivity index (χ1v) is 9.65. The second kappa shape index (κ2) is 7.08. The van der Waals surface area contributed by atoms with Crippen molar-refractivity contribution in [3.8, 4) is 0 Å². The highest BCUT2D eigenvalue weighted by Gasteiger charge is 2.36. The van der Waals surface area contributed by atoms with Gasteiger partial charge in [-0.3, -0.25) is 0 Å². The summed E-state index contributed by atoms with van der Waals surface area (Å²) in [5.41, 5.74) is 0. The summed E-state index contributed by atoms with van der Waals surface area (Å²) < 4.78 is 33.6. The van der Waals surface area contributed by atoms with Crippen molar-refractivity contribution in [2.24, 2.45) is 0 Å². The summed E-state index contributed by atoms with van der Waals surface area (Å²) in [6, 6.07) is 9.08. The summed E-state index contributed by atoms with van der Waals surface area (Å²) in [5, 5.41) is 0.